The standard InChI is InChI=1S/C18H24O2/c1-5-12-9-14-17(10-15(12)19)20-16-8-11(2)6-7-13(16)18(14,3)4/h9-11,19H,5-8H2,1-4H3/t11-/m1/s1. The number of phenols is 1. The number of fused-ring (bicyclic) bond motifs is 1. The highest BCUT2D eigenvalue weighted by molar-refractivity contribution is 5.55. The average Bonchev–Trinajstić information content (AvgIpc) is 2.37. The molecule has 1 N–H and O–H groups in total. The molecule has 1 aromatic carbocycles. The number of aromatic hydroxyl groups is 1. The van der Waals surface area contributed by atoms with E-state index >= 15 is 0 Å². The summed E-state index contributed by atoms with van der Waals surface area (Å²) < 4.78 is 6.14. The Bertz CT molecular complexity index is 581. The highest BCUT2D eigenvalue weighted by Crippen LogP contribution is 2.50. The van der Waals surface area contributed by atoms with Gasteiger partial charge in [-0.1, -0.05) is 27.7 Å². The molecule has 1 atom stereocenters. The maximum atomic E-state index is 10.1. The number of allylic oxidation sites excluding steroid dienone is 2. The van der Waals surface area contributed by atoms with Gasteiger partial charge in [-0.2, -0.15) is 0 Å². The van der Waals surface area contributed by atoms with Crippen LogP contribution < -0.4 is 4.74 Å². The Labute approximate surface area is 121 Å². The fourth-order valence-corrected chi connectivity index (χ4v) is 3.60. The summed E-state index contributed by atoms with van der Waals surface area (Å²) >= 11 is 0. The summed E-state index contributed by atoms with van der Waals surface area (Å²) in [4.78, 5) is 0. The van der Waals surface area contributed by atoms with Gasteiger partial charge in [-0.15, -0.1) is 0 Å². The maximum absolute atomic E-state index is 10.1. The number of ether oxygens (including phenoxy) is 1. The Balaban J connectivity index is 2.13. The minimum absolute atomic E-state index is 0.0146. The molecule has 0 amide bonds. The van der Waals surface area contributed by atoms with E-state index in [2.05, 4.69) is 33.8 Å². The molecule has 0 bridgehead atoms. The summed E-state index contributed by atoms with van der Waals surface area (Å²) in [6, 6.07) is 3.94. The molecular formula is C18H24O2. The van der Waals surface area contributed by atoms with Crippen LogP contribution in [0.25, 0.3) is 0 Å². The van der Waals surface area contributed by atoms with Crippen molar-refractivity contribution in [2.24, 2.45) is 5.92 Å². The van der Waals surface area contributed by atoms with Crippen LogP contribution in [-0.2, 0) is 11.8 Å². The second-order valence-corrected chi connectivity index (χ2v) is 6.81. The van der Waals surface area contributed by atoms with Gasteiger partial charge < -0.3 is 9.84 Å². The molecule has 0 fully saturated rings. The topological polar surface area (TPSA) is 29.5 Å². The van der Waals surface area contributed by atoms with Crippen LogP contribution in [0.3, 0.4) is 0 Å². The molecule has 1 aliphatic heterocycles. The molecular weight excluding hydrogens is 248 g/mol. The summed E-state index contributed by atoms with van der Waals surface area (Å²) in [7, 11) is 0. The van der Waals surface area contributed by atoms with Gasteiger partial charge in [0.15, 0.2) is 0 Å². The molecule has 2 heteroatoms. The molecule has 2 aliphatic rings. The van der Waals surface area contributed by atoms with Crippen molar-refractivity contribution in [1.82, 2.24) is 0 Å². The molecule has 0 aromatic heterocycles. The van der Waals surface area contributed by atoms with Gasteiger partial charge in [-0.3, -0.25) is 0 Å². The molecule has 20 heavy (non-hydrogen) atoms. The highest BCUT2D eigenvalue weighted by atomic mass is 16.5. The quantitative estimate of drug-likeness (QED) is 0.803. The van der Waals surface area contributed by atoms with E-state index in [1.165, 1.54) is 17.6 Å². The molecule has 0 spiro atoms. The number of hydrogen-bond donors (Lipinski definition) is 1. The Morgan fingerprint density at radius 3 is 2.80 bits per heavy atom. The van der Waals surface area contributed by atoms with Crippen molar-refractivity contribution in [3.05, 3.63) is 34.6 Å². The third-order valence-corrected chi connectivity index (χ3v) is 4.98. The predicted octanol–water partition coefficient (Wildman–Crippen LogP) is 4.70. The zero-order valence-corrected chi connectivity index (χ0v) is 12.9. The van der Waals surface area contributed by atoms with Crippen LogP contribution in [0.5, 0.6) is 11.5 Å². The first-order chi connectivity index (χ1) is 9.43. The number of benzene rings is 1. The molecule has 2 nitrogen and oxygen atoms in total. The van der Waals surface area contributed by atoms with Crippen molar-refractivity contribution in [1.29, 1.82) is 0 Å². The lowest BCUT2D eigenvalue weighted by atomic mass is 9.69. The average molecular weight is 272 g/mol. The van der Waals surface area contributed by atoms with E-state index in [-0.39, 0.29) is 5.41 Å². The van der Waals surface area contributed by atoms with Gasteiger partial charge in [0, 0.05) is 23.5 Å². The Kier molecular flexibility index (Phi) is 3.07. The van der Waals surface area contributed by atoms with Gasteiger partial charge in [0.2, 0.25) is 0 Å². The molecule has 1 aliphatic carbocycles. The van der Waals surface area contributed by atoms with Crippen LogP contribution >= 0.6 is 0 Å². The number of hydrogen-bond acceptors (Lipinski definition) is 2. The van der Waals surface area contributed by atoms with E-state index in [0.29, 0.717) is 11.7 Å². The fourth-order valence-electron chi connectivity index (χ4n) is 3.60. The lowest BCUT2D eigenvalue weighted by Gasteiger charge is -2.40. The van der Waals surface area contributed by atoms with Crippen molar-refractivity contribution in [3.8, 4) is 11.5 Å². The maximum Gasteiger partial charge on any atom is 0.134 e. The first kappa shape index (κ1) is 13.5. The first-order valence-electron chi connectivity index (χ1n) is 7.70. The van der Waals surface area contributed by atoms with Gasteiger partial charge in [-0.05, 0) is 42.4 Å². The molecule has 0 saturated carbocycles. The van der Waals surface area contributed by atoms with Crippen molar-refractivity contribution in [2.45, 2.75) is 58.8 Å². The zero-order valence-electron chi connectivity index (χ0n) is 12.9. The van der Waals surface area contributed by atoms with E-state index in [0.717, 1.165) is 36.3 Å². The predicted molar refractivity (Wildman–Crippen MR) is 81.2 cm³/mol. The minimum atomic E-state index is 0.0146. The lowest BCUT2D eigenvalue weighted by Crippen LogP contribution is -2.31. The van der Waals surface area contributed by atoms with E-state index in [1.54, 1.807) is 6.07 Å². The Hall–Kier alpha value is -1.44. The summed E-state index contributed by atoms with van der Waals surface area (Å²) in [5, 5.41) is 10.1. The monoisotopic (exact) mass is 272 g/mol. The van der Waals surface area contributed by atoms with Crippen molar-refractivity contribution < 1.29 is 9.84 Å². The van der Waals surface area contributed by atoms with E-state index < -0.39 is 0 Å². The number of aryl methyl sites for hydroxylation is 1. The Morgan fingerprint density at radius 2 is 2.10 bits per heavy atom. The van der Waals surface area contributed by atoms with Gasteiger partial charge in [0.05, 0.1) is 0 Å². The lowest BCUT2D eigenvalue weighted by molar-refractivity contribution is 0.290. The third-order valence-electron chi connectivity index (χ3n) is 4.98. The van der Waals surface area contributed by atoms with Gasteiger partial charge in [-0.25, -0.2) is 0 Å². The molecule has 0 saturated heterocycles. The molecule has 108 valence electrons. The van der Waals surface area contributed by atoms with E-state index in [4.69, 9.17) is 4.74 Å². The van der Waals surface area contributed by atoms with Gasteiger partial charge >= 0.3 is 0 Å². The molecule has 1 heterocycles. The zero-order chi connectivity index (χ0) is 14.5. The van der Waals surface area contributed by atoms with Crippen molar-refractivity contribution in [2.75, 3.05) is 0 Å². The minimum Gasteiger partial charge on any atom is -0.508 e. The van der Waals surface area contributed by atoms with E-state index in [1.807, 2.05) is 0 Å². The smallest absolute Gasteiger partial charge is 0.134 e. The van der Waals surface area contributed by atoms with Crippen LogP contribution in [0.15, 0.2) is 23.5 Å². The normalized spacial score (nSPS) is 23.9. The van der Waals surface area contributed by atoms with Gasteiger partial charge in [0.1, 0.15) is 17.3 Å². The number of phenolic OH excluding ortho intramolecular Hbond substituents is 1. The van der Waals surface area contributed by atoms with Crippen molar-refractivity contribution >= 4 is 0 Å². The second-order valence-electron chi connectivity index (χ2n) is 6.81. The van der Waals surface area contributed by atoms with E-state index in [9.17, 15) is 5.11 Å². The largest absolute Gasteiger partial charge is 0.508 e. The Morgan fingerprint density at radius 1 is 1.35 bits per heavy atom. The SMILES string of the molecule is CCc1cc2c(cc1O)OC1=C(CC[C@@H](C)C1)C2(C)C. The van der Waals surface area contributed by atoms with Gasteiger partial charge in [0.25, 0.3) is 0 Å². The summed E-state index contributed by atoms with van der Waals surface area (Å²) in [6.07, 6.45) is 4.25. The number of rotatable bonds is 1. The van der Waals surface area contributed by atoms with Crippen LogP contribution in [-0.4, -0.2) is 5.11 Å². The molecule has 3 rings (SSSR count). The van der Waals surface area contributed by atoms with Crippen molar-refractivity contribution in [3.63, 3.8) is 0 Å². The highest BCUT2D eigenvalue weighted by Gasteiger charge is 2.38. The third kappa shape index (κ3) is 1.93. The second kappa shape index (κ2) is 4.54. The summed E-state index contributed by atoms with van der Waals surface area (Å²) in [5.74, 6) is 3.03. The summed E-state index contributed by atoms with van der Waals surface area (Å²) in [5.41, 5.74) is 3.70. The first-order valence-corrected chi connectivity index (χ1v) is 7.70. The van der Waals surface area contributed by atoms with Crippen LogP contribution in [0.2, 0.25) is 0 Å². The molecule has 0 unspecified atom stereocenters. The molecule has 0 radical (unpaired) electrons. The fraction of sp³-hybridized carbons (Fsp3) is 0.556. The van der Waals surface area contributed by atoms with Crippen LogP contribution in [0.1, 0.15) is 58.1 Å². The van der Waals surface area contributed by atoms with Crippen LogP contribution in [0.4, 0.5) is 0 Å². The van der Waals surface area contributed by atoms with Crippen LogP contribution in [0, 0.1) is 5.92 Å². The molecule has 1 aromatic rings. The summed E-state index contributed by atoms with van der Waals surface area (Å²) in [6.45, 7) is 8.94.